The van der Waals surface area contributed by atoms with Crippen molar-refractivity contribution in [1.82, 2.24) is 4.90 Å². The van der Waals surface area contributed by atoms with Crippen LogP contribution in [-0.4, -0.2) is 41.9 Å². The molecule has 0 aliphatic carbocycles. The van der Waals surface area contributed by atoms with E-state index in [2.05, 4.69) is 34.7 Å². The maximum Gasteiger partial charge on any atom is 0.226 e. The van der Waals surface area contributed by atoms with Crippen LogP contribution >= 0.6 is 15.9 Å². The SMILES string of the molecule is CCC(CC)N(CCBr)C(=O)C1CCOCC1. The zero-order valence-corrected chi connectivity index (χ0v) is 12.5. The first-order valence-electron chi connectivity index (χ1n) is 6.68. The third-order valence-electron chi connectivity index (χ3n) is 3.56. The van der Waals surface area contributed by atoms with E-state index in [0.29, 0.717) is 11.9 Å². The molecule has 0 aromatic heterocycles. The van der Waals surface area contributed by atoms with Crippen LogP contribution in [-0.2, 0) is 9.53 Å². The van der Waals surface area contributed by atoms with Crippen molar-refractivity contribution < 1.29 is 9.53 Å². The Balaban J connectivity index is 2.63. The quantitative estimate of drug-likeness (QED) is 0.706. The van der Waals surface area contributed by atoms with Gasteiger partial charge in [0, 0.05) is 37.0 Å². The summed E-state index contributed by atoms with van der Waals surface area (Å²) in [5.74, 6) is 0.518. The molecule has 0 saturated carbocycles. The van der Waals surface area contributed by atoms with Crippen molar-refractivity contribution in [3.63, 3.8) is 0 Å². The first-order valence-corrected chi connectivity index (χ1v) is 7.80. The van der Waals surface area contributed by atoms with Gasteiger partial charge in [-0.15, -0.1) is 0 Å². The van der Waals surface area contributed by atoms with Gasteiger partial charge in [-0.2, -0.15) is 0 Å². The molecule has 0 spiro atoms. The number of amides is 1. The molecule has 1 heterocycles. The van der Waals surface area contributed by atoms with Crippen molar-refractivity contribution in [2.24, 2.45) is 5.92 Å². The van der Waals surface area contributed by atoms with Crippen LogP contribution in [0.5, 0.6) is 0 Å². The average Bonchev–Trinajstić information content (AvgIpc) is 2.39. The molecule has 0 bridgehead atoms. The minimum atomic E-state index is 0.184. The molecule has 1 fully saturated rings. The Bertz CT molecular complexity index is 225. The van der Waals surface area contributed by atoms with Crippen LogP contribution in [0.4, 0.5) is 0 Å². The molecule has 17 heavy (non-hydrogen) atoms. The third-order valence-corrected chi connectivity index (χ3v) is 3.92. The summed E-state index contributed by atoms with van der Waals surface area (Å²) in [6.07, 6.45) is 3.85. The number of rotatable bonds is 6. The Hall–Kier alpha value is -0.0900. The minimum absolute atomic E-state index is 0.184. The molecular formula is C13H24BrNO2. The average molecular weight is 306 g/mol. The summed E-state index contributed by atoms with van der Waals surface area (Å²) in [7, 11) is 0. The van der Waals surface area contributed by atoms with Crippen LogP contribution in [0.25, 0.3) is 0 Å². The zero-order chi connectivity index (χ0) is 12.7. The smallest absolute Gasteiger partial charge is 0.226 e. The van der Waals surface area contributed by atoms with Crippen molar-refractivity contribution in [1.29, 1.82) is 0 Å². The number of carbonyl (C=O) groups excluding carboxylic acids is 1. The number of carbonyl (C=O) groups is 1. The number of ether oxygens (including phenoxy) is 1. The summed E-state index contributed by atoms with van der Waals surface area (Å²) in [5, 5.41) is 0.860. The van der Waals surface area contributed by atoms with Crippen molar-refractivity contribution in [3.8, 4) is 0 Å². The molecule has 3 nitrogen and oxygen atoms in total. The number of nitrogens with zero attached hydrogens (tertiary/aromatic N) is 1. The van der Waals surface area contributed by atoms with E-state index in [-0.39, 0.29) is 5.92 Å². The highest BCUT2D eigenvalue weighted by atomic mass is 79.9. The fourth-order valence-corrected chi connectivity index (χ4v) is 2.85. The standard InChI is InChI=1S/C13H24BrNO2/c1-3-12(4-2)15(8-7-14)13(16)11-5-9-17-10-6-11/h11-12H,3-10H2,1-2H3. The van der Waals surface area contributed by atoms with Gasteiger partial charge in [0.2, 0.25) is 5.91 Å². The predicted molar refractivity (Wildman–Crippen MR) is 73.4 cm³/mol. The lowest BCUT2D eigenvalue weighted by molar-refractivity contribution is -0.140. The highest BCUT2D eigenvalue weighted by molar-refractivity contribution is 9.09. The second-order valence-electron chi connectivity index (χ2n) is 4.58. The maximum absolute atomic E-state index is 12.5. The van der Waals surface area contributed by atoms with Crippen LogP contribution in [0.3, 0.4) is 0 Å². The molecular weight excluding hydrogens is 282 g/mol. The molecule has 0 aromatic carbocycles. The lowest BCUT2D eigenvalue weighted by atomic mass is 9.97. The number of hydrogen-bond donors (Lipinski definition) is 0. The Morgan fingerprint density at radius 3 is 2.41 bits per heavy atom. The number of halogens is 1. The molecule has 4 heteroatoms. The lowest BCUT2D eigenvalue weighted by Crippen LogP contribution is -2.45. The lowest BCUT2D eigenvalue weighted by Gasteiger charge is -2.34. The summed E-state index contributed by atoms with van der Waals surface area (Å²) < 4.78 is 5.32. The van der Waals surface area contributed by atoms with Crippen molar-refractivity contribution >= 4 is 21.8 Å². The molecule has 1 rings (SSSR count). The summed E-state index contributed by atoms with van der Waals surface area (Å²) in [4.78, 5) is 14.6. The van der Waals surface area contributed by atoms with E-state index >= 15 is 0 Å². The zero-order valence-electron chi connectivity index (χ0n) is 11.0. The van der Waals surface area contributed by atoms with E-state index in [9.17, 15) is 4.79 Å². The topological polar surface area (TPSA) is 29.5 Å². The van der Waals surface area contributed by atoms with Gasteiger partial charge in [0.25, 0.3) is 0 Å². The van der Waals surface area contributed by atoms with Gasteiger partial charge >= 0.3 is 0 Å². The fourth-order valence-electron chi connectivity index (χ4n) is 2.47. The van der Waals surface area contributed by atoms with Gasteiger partial charge in [0.05, 0.1) is 0 Å². The molecule has 1 saturated heterocycles. The largest absolute Gasteiger partial charge is 0.381 e. The normalized spacial score (nSPS) is 17.4. The van der Waals surface area contributed by atoms with Gasteiger partial charge in [0.15, 0.2) is 0 Å². The van der Waals surface area contributed by atoms with Crippen molar-refractivity contribution in [3.05, 3.63) is 0 Å². The molecule has 1 amide bonds. The minimum Gasteiger partial charge on any atom is -0.381 e. The van der Waals surface area contributed by atoms with Gasteiger partial charge in [-0.05, 0) is 25.7 Å². The number of hydrogen-bond acceptors (Lipinski definition) is 2. The monoisotopic (exact) mass is 305 g/mol. The van der Waals surface area contributed by atoms with Crippen LogP contribution < -0.4 is 0 Å². The van der Waals surface area contributed by atoms with Gasteiger partial charge < -0.3 is 9.64 Å². The highest BCUT2D eigenvalue weighted by Crippen LogP contribution is 2.21. The van der Waals surface area contributed by atoms with E-state index in [1.54, 1.807) is 0 Å². The Labute approximate surface area is 113 Å². The van der Waals surface area contributed by atoms with Crippen molar-refractivity contribution in [2.75, 3.05) is 25.1 Å². The second kappa shape index (κ2) is 8.09. The van der Waals surface area contributed by atoms with Gasteiger partial charge in [-0.25, -0.2) is 0 Å². The number of alkyl halides is 1. The van der Waals surface area contributed by atoms with Crippen molar-refractivity contribution in [2.45, 2.75) is 45.6 Å². The van der Waals surface area contributed by atoms with E-state index in [4.69, 9.17) is 4.74 Å². The summed E-state index contributed by atoms with van der Waals surface area (Å²) in [6.45, 7) is 6.62. The Morgan fingerprint density at radius 1 is 1.35 bits per heavy atom. The van der Waals surface area contributed by atoms with Gasteiger partial charge in [-0.1, -0.05) is 29.8 Å². The second-order valence-corrected chi connectivity index (χ2v) is 5.37. The first kappa shape index (κ1) is 15.0. The fraction of sp³-hybridized carbons (Fsp3) is 0.923. The first-order chi connectivity index (χ1) is 8.24. The van der Waals surface area contributed by atoms with E-state index in [0.717, 1.165) is 50.8 Å². The highest BCUT2D eigenvalue weighted by Gasteiger charge is 2.28. The molecule has 0 radical (unpaired) electrons. The summed E-state index contributed by atoms with van der Waals surface area (Å²) in [5.41, 5.74) is 0. The molecule has 0 N–H and O–H groups in total. The van der Waals surface area contributed by atoms with Crippen LogP contribution in [0.15, 0.2) is 0 Å². The van der Waals surface area contributed by atoms with Crippen LogP contribution in [0.1, 0.15) is 39.5 Å². The van der Waals surface area contributed by atoms with Gasteiger partial charge in [-0.3, -0.25) is 4.79 Å². The maximum atomic E-state index is 12.5. The molecule has 1 aliphatic heterocycles. The molecule has 0 unspecified atom stereocenters. The third kappa shape index (κ3) is 4.25. The molecule has 1 aliphatic rings. The molecule has 0 aromatic rings. The predicted octanol–water partition coefficient (Wildman–Crippen LogP) is 2.83. The van der Waals surface area contributed by atoms with Gasteiger partial charge in [0.1, 0.15) is 0 Å². The Kier molecular flexibility index (Phi) is 7.12. The summed E-state index contributed by atoms with van der Waals surface area (Å²) >= 11 is 3.45. The Morgan fingerprint density at radius 2 is 1.94 bits per heavy atom. The van der Waals surface area contributed by atoms with E-state index in [1.165, 1.54) is 0 Å². The van der Waals surface area contributed by atoms with E-state index in [1.807, 2.05) is 0 Å². The summed E-state index contributed by atoms with van der Waals surface area (Å²) in [6, 6.07) is 0.392. The molecule has 100 valence electrons. The van der Waals surface area contributed by atoms with Crippen LogP contribution in [0, 0.1) is 5.92 Å². The molecule has 0 atom stereocenters. The van der Waals surface area contributed by atoms with Crippen LogP contribution in [0.2, 0.25) is 0 Å². The van der Waals surface area contributed by atoms with E-state index < -0.39 is 0 Å².